The molecule has 0 saturated carbocycles. The van der Waals surface area contributed by atoms with E-state index in [4.69, 9.17) is 11.6 Å². The van der Waals surface area contributed by atoms with E-state index in [1.165, 1.54) is 11.1 Å². The summed E-state index contributed by atoms with van der Waals surface area (Å²) in [5.41, 5.74) is 2.38. The molecule has 1 aromatic carbocycles. The van der Waals surface area contributed by atoms with Crippen molar-refractivity contribution in [3.8, 4) is 5.82 Å². The van der Waals surface area contributed by atoms with Gasteiger partial charge in [0, 0.05) is 36.7 Å². The number of benzene rings is 1. The van der Waals surface area contributed by atoms with Gasteiger partial charge in [-0.05, 0) is 41.5 Å². The van der Waals surface area contributed by atoms with Crippen molar-refractivity contribution in [3.05, 3.63) is 77.2 Å². The molecule has 0 bridgehead atoms. The monoisotopic (exact) mass is 298 g/mol. The van der Waals surface area contributed by atoms with Crippen molar-refractivity contribution in [2.75, 3.05) is 0 Å². The summed E-state index contributed by atoms with van der Waals surface area (Å²) in [6.45, 7) is 1.58. The third kappa shape index (κ3) is 3.68. The van der Waals surface area contributed by atoms with Crippen molar-refractivity contribution in [1.29, 1.82) is 0 Å². The molecule has 4 nitrogen and oxygen atoms in total. The molecule has 0 fully saturated rings. The van der Waals surface area contributed by atoms with Crippen molar-refractivity contribution in [1.82, 2.24) is 20.1 Å². The fourth-order valence-corrected chi connectivity index (χ4v) is 2.18. The standard InChI is InChI=1S/C16H15ClN4/c17-15-4-2-13(3-5-15)11-18-12-14-6-8-19-16(10-14)21-9-1-7-20-21/h1-10,18H,11-12H2. The third-order valence-corrected chi connectivity index (χ3v) is 3.37. The molecule has 0 saturated heterocycles. The lowest BCUT2D eigenvalue weighted by Crippen LogP contribution is -2.13. The average molecular weight is 299 g/mol. The maximum atomic E-state index is 5.87. The minimum atomic E-state index is 0.761. The van der Waals surface area contributed by atoms with Gasteiger partial charge in [-0.15, -0.1) is 0 Å². The summed E-state index contributed by atoms with van der Waals surface area (Å²) in [6, 6.07) is 13.8. The molecule has 5 heteroatoms. The summed E-state index contributed by atoms with van der Waals surface area (Å²) < 4.78 is 1.75. The maximum Gasteiger partial charge on any atom is 0.153 e. The molecule has 106 valence electrons. The summed E-state index contributed by atoms with van der Waals surface area (Å²) in [6.07, 6.45) is 5.43. The van der Waals surface area contributed by atoms with Gasteiger partial charge in [-0.2, -0.15) is 5.10 Å². The number of nitrogens with one attached hydrogen (secondary N) is 1. The van der Waals surface area contributed by atoms with Crippen LogP contribution in [-0.4, -0.2) is 14.8 Å². The number of nitrogens with zero attached hydrogens (tertiary/aromatic N) is 3. The largest absolute Gasteiger partial charge is 0.309 e. The van der Waals surface area contributed by atoms with Crippen LogP contribution in [0.3, 0.4) is 0 Å². The summed E-state index contributed by atoms with van der Waals surface area (Å²) in [7, 11) is 0. The first-order chi connectivity index (χ1) is 10.3. The van der Waals surface area contributed by atoms with Crippen LogP contribution < -0.4 is 5.32 Å². The number of aromatic nitrogens is 3. The van der Waals surface area contributed by atoms with E-state index >= 15 is 0 Å². The topological polar surface area (TPSA) is 42.7 Å². The SMILES string of the molecule is Clc1ccc(CNCc2ccnc(-n3cccn3)c2)cc1. The highest BCUT2D eigenvalue weighted by Crippen LogP contribution is 2.10. The predicted octanol–water partition coefficient (Wildman–Crippen LogP) is 3.21. The zero-order valence-corrected chi connectivity index (χ0v) is 12.2. The van der Waals surface area contributed by atoms with Crippen LogP contribution in [0.2, 0.25) is 5.02 Å². The minimum Gasteiger partial charge on any atom is -0.309 e. The maximum absolute atomic E-state index is 5.87. The van der Waals surface area contributed by atoms with E-state index in [0.717, 1.165) is 23.9 Å². The lowest BCUT2D eigenvalue weighted by molar-refractivity contribution is 0.691. The van der Waals surface area contributed by atoms with Gasteiger partial charge in [0.05, 0.1) is 0 Å². The van der Waals surface area contributed by atoms with E-state index in [0.29, 0.717) is 0 Å². The van der Waals surface area contributed by atoms with Gasteiger partial charge in [-0.3, -0.25) is 0 Å². The molecule has 0 radical (unpaired) electrons. The smallest absolute Gasteiger partial charge is 0.153 e. The Balaban J connectivity index is 1.60. The van der Waals surface area contributed by atoms with Crippen LogP contribution in [0.15, 0.2) is 61.1 Å². The highest BCUT2D eigenvalue weighted by atomic mass is 35.5. The van der Waals surface area contributed by atoms with E-state index in [-0.39, 0.29) is 0 Å². The second-order valence-electron chi connectivity index (χ2n) is 4.70. The van der Waals surface area contributed by atoms with Crippen molar-refractivity contribution in [2.45, 2.75) is 13.1 Å². The molecule has 3 aromatic rings. The number of hydrogen-bond donors (Lipinski definition) is 1. The quantitative estimate of drug-likeness (QED) is 0.786. The second-order valence-corrected chi connectivity index (χ2v) is 5.14. The molecule has 2 heterocycles. The first-order valence-corrected chi connectivity index (χ1v) is 7.09. The molecule has 0 aliphatic heterocycles. The van der Waals surface area contributed by atoms with Gasteiger partial charge >= 0.3 is 0 Å². The Labute approximate surface area is 128 Å². The highest BCUT2D eigenvalue weighted by molar-refractivity contribution is 6.30. The Morgan fingerprint density at radius 2 is 1.81 bits per heavy atom. The van der Waals surface area contributed by atoms with Crippen molar-refractivity contribution in [3.63, 3.8) is 0 Å². The van der Waals surface area contributed by atoms with E-state index in [1.807, 2.05) is 48.7 Å². The van der Waals surface area contributed by atoms with E-state index in [1.54, 1.807) is 17.1 Å². The predicted molar refractivity (Wildman–Crippen MR) is 83.4 cm³/mol. The fraction of sp³-hybridized carbons (Fsp3) is 0.125. The zero-order chi connectivity index (χ0) is 14.5. The van der Waals surface area contributed by atoms with E-state index < -0.39 is 0 Å². The second kappa shape index (κ2) is 6.52. The summed E-state index contributed by atoms with van der Waals surface area (Å²) in [4.78, 5) is 4.32. The Hall–Kier alpha value is -2.17. The van der Waals surface area contributed by atoms with Gasteiger partial charge in [0.2, 0.25) is 0 Å². The first-order valence-electron chi connectivity index (χ1n) is 6.71. The van der Waals surface area contributed by atoms with Gasteiger partial charge in [0.25, 0.3) is 0 Å². The fourth-order valence-electron chi connectivity index (χ4n) is 2.05. The molecular weight excluding hydrogens is 284 g/mol. The molecule has 0 aliphatic rings. The summed E-state index contributed by atoms with van der Waals surface area (Å²) in [5, 5.41) is 8.36. The Morgan fingerprint density at radius 3 is 2.57 bits per heavy atom. The van der Waals surface area contributed by atoms with Crippen LogP contribution in [0.25, 0.3) is 5.82 Å². The normalized spacial score (nSPS) is 10.7. The Kier molecular flexibility index (Phi) is 4.28. The number of rotatable bonds is 5. The molecule has 21 heavy (non-hydrogen) atoms. The van der Waals surface area contributed by atoms with Gasteiger partial charge < -0.3 is 5.32 Å². The Bertz CT molecular complexity index is 693. The van der Waals surface area contributed by atoms with E-state index in [2.05, 4.69) is 15.4 Å². The van der Waals surface area contributed by atoms with Crippen LogP contribution in [0.1, 0.15) is 11.1 Å². The zero-order valence-electron chi connectivity index (χ0n) is 11.4. The number of halogens is 1. The van der Waals surface area contributed by atoms with Crippen molar-refractivity contribution in [2.24, 2.45) is 0 Å². The molecule has 0 amide bonds. The number of hydrogen-bond acceptors (Lipinski definition) is 3. The summed E-state index contributed by atoms with van der Waals surface area (Å²) >= 11 is 5.87. The third-order valence-electron chi connectivity index (χ3n) is 3.12. The van der Waals surface area contributed by atoms with Crippen LogP contribution >= 0.6 is 11.6 Å². The van der Waals surface area contributed by atoms with Crippen LogP contribution in [-0.2, 0) is 13.1 Å². The van der Waals surface area contributed by atoms with Gasteiger partial charge in [0.1, 0.15) is 0 Å². The Morgan fingerprint density at radius 1 is 1.00 bits per heavy atom. The molecule has 2 aromatic heterocycles. The molecule has 3 rings (SSSR count). The molecule has 1 N–H and O–H groups in total. The van der Waals surface area contributed by atoms with Crippen LogP contribution in [0, 0.1) is 0 Å². The molecule has 0 spiro atoms. The number of pyridine rings is 1. The molecule has 0 aliphatic carbocycles. The first kappa shape index (κ1) is 13.8. The molecule has 0 atom stereocenters. The van der Waals surface area contributed by atoms with Crippen LogP contribution in [0.5, 0.6) is 0 Å². The average Bonchev–Trinajstić information content (AvgIpc) is 3.04. The van der Waals surface area contributed by atoms with Gasteiger partial charge in [-0.1, -0.05) is 23.7 Å². The van der Waals surface area contributed by atoms with Crippen LogP contribution in [0.4, 0.5) is 0 Å². The van der Waals surface area contributed by atoms with Gasteiger partial charge in [-0.25, -0.2) is 9.67 Å². The highest BCUT2D eigenvalue weighted by Gasteiger charge is 2.00. The molecule has 0 unspecified atom stereocenters. The molecular formula is C16H15ClN4. The van der Waals surface area contributed by atoms with Gasteiger partial charge in [0.15, 0.2) is 5.82 Å². The van der Waals surface area contributed by atoms with Crippen molar-refractivity contribution < 1.29 is 0 Å². The lowest BCUT2D eigenvalue weighted by atomic mass is 10.2. The lowest BCUT2D eigenvalue weighted by Gasteiger charge is -2.07. The van der Waals surface area contributed by atoms with Crippen molar-refractivity contribution >= 4 is 11.6 Å². The minimum absolute atomic E-state index is 0.761. The van der Waals surface area contributed by atoms with E-state index in [9.17, 15) is 0 Å². The summed E-state index contributed by atoms with van der Waals surface area (Å²) in [5.74, 6) is 0.825.